The molecule has 2 aliphatic rings. The Morgan fingerprint density at radius 3 is 2.38 bits per heavy atom. The molecule has 2 amide bonds. The van der Waals surface area contributed by atoms with Gasteiger partial charge in [-0.2, -0.15) is 13.2 Å². The minimum atomic E-state index is -4.45. The lowest BCUT2D eigenvalue weighted by Crippen LogP contribution is -2.35. The van der Waals surface area contributed by atoms with Crippen LogP contribution in [0.2, 0.25) is 0 Å². The van der Waals surface area contributed by atoms with E-state index in [0.717, 1.165) is 23.3 Å². The smallest absolute Gasteiger partial charge is 0.385 e. The molecule has 1 heterocycles. The molecule has 7 heteroatoms. The molecule has 1 aliphatic heterocycles. The summed E-state index contributed by atoms with van der Waals surface area (Å²) in [5, 5.41) is 13.8. The molecule has 0 spiro atoms. The number of rotatable bonds is 2. The number of benzene rings is 2. The summed E-state index contributed by atoms with van der Waals surface area (Å²) in [6, 6.07) is 12.0. The van der Waals surface area contributed by atoms with Crippen LogP contribution in [-0.2, 0) is 11.8 Å². The van der Waals surface area contributed by atoms with Crippen LogP contribution in [-0.4, -0.2) is 29.1 Å². The maximum absolute atomic E-state index is 12.9. The van der Waals surface area contributed by atoms with Gasteiger partial charge >= 0.3 is 12.2 Å². The second kappa shape index (κ2) is 7.06. The van der Waals surface area contributed by atoms with E-state index in [9.17, 15) is 23.1 Å². The molecule has 0 radical (unpaired) electrons. The van der Waals surface area contributed by atoms with E-state index in [1.165, 1.54) is 12.1 Å². The van der Waals surface area contributed by atoms with Gasteiger partial charge in [-0.25, -0.2) is 4.79 Å². The monoisotopic (exact) mass is 404 g/mol. The van der Waals surface area contributed by atoms with E-state index in [1.807, 2.05) is 31.2 Å². The van der Waals surface area contributed by atoms with Gasteiger partial charge in [0.15, 0.2) is 0 Å². The molecule has 2 aromatic carbocycles. The number of nitrogens with one attached hydrogen (secondary N) is 1. The van der Waals surface area contributed by atoms with Crippen LogP contribution in [0.15, 0.2) is 48.5 Å². The zero-order chi connectivity index (χ0) is 20.8. The largest absolute Gasteiger partial charge is 0.416 e. The Kier molecular flexibility index (Phi) is 4.81. The Balaban J connectivity index is 1.41. The summed E-state index contributed by atoms with van der Waals surface area (Å²) in [5.41, 5.74) is 0.434. The second-order valence-corrected chi connectivity index (χ2v) is 8.19. The van der Waals surface area contributed by atoms with Gasteiger partial charge in [0.2, 0.25) is 0 Å². The lowest BCUT2D eigenvalue weighted by atomic mass is 9.87. The first kappa shape index (κ1) is 19.8. The van der Waals surface area contributed by atoms with Gasteiger partial charge in [-0.1, -0.05) is 30.3 Å². The third-order valence-corrected chi connectivity index (χ3v) is 6.15. The average Bonchev–Trinajstić information content (AvgIpc) is 3.17. The van der Waals surface area contributed by atoms with Gasteiger partial charge in [0.25, 0.3) is 0 Å². The number of carbonyl (C=O) groups excluding carboxylic acids is 1. The predicted octanol–water partition coefficient (Wildman–Crippen LogP) is 4.78. The Morgan fingerprint density at radius 2 is 1.76 bits per heavy atom. The zero-order valence-corrected chi connectivity index (χ0v) is 16.0. The van der Waals surface area contributed by atoms with E-state index in [1.54, 1.807) is 4.90 Å². The number of urea groups is 1. The number of alkyl halides is 3. The van der Waals surface area contributed by atoms with Crippen LogP contribution >= 0.6 is 0 Å². The van der Waals surface area contributed by atoms with E-state index in [0.29, 0.717) is 25.9 Å². The van der Waals surface area contributed by atoms with Crippen molar-refractivity contribution in [2.24, 2.45) is 11.8 Å². The highest BCUT2D eigenvalue weighted by molar-refractivity contribution is 5.89. The summed E-state index contributed by atoms with van der Waals surface area (Å²) in [7, 11) is 0. The van der Waals surface area contributed by atoms with Crippen LogP contribution in [0.4, 0.5) is 23.7 Å². The molecule has 3 atom stereocenters. The fraction of sp³-hybridized carbons (Fsp3) is 0.409. The second-order valence-electron chi connectivity index (χ2n) is 8.19. The molecular formula is C22H23F3N2O2. The van der Waals surface area contributed by atoms with Crippen molar-refractivity contribution in [1.29, 1.82) is 0 Å². The van der Waals surface area contributed by atoms with Gasteiger partial charge in [-0.15, -0.1) is 0 Å². The highest BCUT2D eigenvalue weighted by atomic mass is 19.4. The van der Waals surface area contributed by atoms with E-state index >= 15 is 0 Å². The van der Waals surface area contributed by atoms with Gasteiger partial charge in [0.1, 0.15) is 0 Å². The lowest BCUT2D eigenvalue weighted by molar-refractivity contribution is -0.137. The zero-order valence-electron chi connectivity index (χ0n) is 16.0. The van der Waals surface area contributed by atoms with Gasteiger partial charge in [0, 0.05) is 18.8 Å². The Hall–Kier alpha value is -2.54. The molecule has 1 saturated heterocycles. The van der Waals surface area contributed by atoms with Crippen LogP contribution < -0.4 is 5.32 Å². The van der Waals surface area contributed by atoms with Gasteiger partial charge in [-0.05, 0) is 60.9 Å². The average molecular weight is 404 g/mol. The summed E-state index contributed by atoms with van der Waals surface area (Å²) in [4.78, 5) is 14.2. The lowest BCUT2D eigenvalue weighted by Gasteiger charge is -2.28. The molecule has 0 aromatic heterocycles. The molecule has 1 saturated carbocycles. The number of halogens is 3. The fourth-order valence-corrected chi connectivity index (χ4v) is 4.81. The molecule has 2 N–H and O–H groups in total. The number of hydrogen-bond acceptors (Lipinski definition) is 2. The number of anilines is 1. The molecule has 0 bridgehead atoms. The SMILES string of the molecule is Cc1ccccc1[C@]1(O)C[C@H]2CN(C(=O)Nc3cccc(C(F)(F)F)c3)C[C@H]2C1. The predicted molar refractivity (Wildman–Crippen MR) is 103 cm³/mol. The standard InChI is InChI=1S/C22H23F3N2O2/c1-14-5-2-3-8-19(14)21(29)10-15-12-27(13-16(15)11-21)20(28)26-18-7-4-6-17(9-18)22(23,24)25/h2-9,15-16,29H,10-13H2,1H3,(H,26,28)/t15-,16+,21-. The van der Waals surface area contributed by atoms with Gasteiger partial charge < -0.3 is 15.3 Å². The minimum Gasteiger partial charge on any atom is -0.385 e. The van der Waals surface area contributed by atoms with Gasteiger partial charge in [0.05, 0.1) is 11.2 Å². The van der Waals surface area contributed by atoms with E-state index in [-0.39, 0.29) is 17.5 Å². The molecule has 2 fully saturated rings. The number of fused-ring (bicyclic) bond motifs is 1. The van der Waals surface area contributed by atoms with E-state index < -0.39 is 23.4 Å². The first-order valence-electron chi connectivity index (χ1n) is 9.67. The molecular weight excluding hydrogens is 381 g/mol. The number of aliphatic hydroxyl groups is 1. The summed E-state index contributed by atoms with van der Waals surface area (Å²) >= 11 is 0. The summed E-state index contributed by atoms with van der Waals surface area (Å²) < 4.78 is 38.6. The molecule has 4 rings (SSSR count). The van der Waals surface area contributed by atoms with Crippen molar-refractivity contribution < 1.29 is 23.1 Å². The normalized spacial score (nSPS) is 26.4. The third kappa shape index (κ3) is 3.83. The summed E-state index contributed by atoms with van der Waals surface area (Å²) in [6.07, 6.45) is -3.29. The highest BCUT2D eigenvalue weighted by Crippen LogP contribution is 2.49. The van der Waals surface area contributed by atoms with Crippen molar-refractivity contribution >= 4 is 11.7 Å². The van der Waals surface area contributed by atoms with E-state index in [4.69, 9.17) is 0 Å². The maximum atomic E-state index is 12.9. The van der Waals surface area contributed by atoms with Gasteiger partial charge in [-0.3, -0.25) is 0 Å². The Bertz CT molecular complexity index is 914. The summed E-state index contributed by atoms with van der Waals surface area (Å²) in [6.45, 7) is 2.96. The number of carbonyl (C=O) groups is 1. The third-order valence-electron chi connectivity index (χ3n) is 6.15. The minimum absolute atomic E-state index is 0.123. The topological polar surface area (TPSA) is 52.6 Å². The van der Waals surface area contributed by atoms with Crippen molar-refractivity contribution in [1.82, 2.24) is 4.90 Å². The van der Waals surface area contributed by atoms with Crippen LogP contribution in [0.25, 0.3) is 0 Å². The summed E-state index contributed by atoms with van der Waals surface area (Å²) in [5.74, 6) is 0.346. The first-order chi connectivity index (χ1) is 13.7. The van der Waals surface area contributed by atoms with Crippen molar-refractivity contribution in [3.05, 3.63) is 65.2 Å². The molecule has 29 heavy (non-hydrogen) atoms. The van der Waals surface area contributed by atoms with Crippen molar-refractivity contribution in [3.8, 4) is 0 Å². The van der Waals surface area contributed by atoms with Crippen LogP contribution in [0.1, 0.15) is 29.5 Å². The maximum Gasteiger partial charge on any atom is 0.416 e. The molecule has 1 aliphatic carbocycles. The van der Waals surface area contributed by atoms with Crippen LogP contribution in [0, 0.1) is 18.8 Å². The van der Waals surface area contributed by atoms with Crippen LogP contribution in [0.5, 0.6) is 0 Å². The van der Waals surface area contributed by atoms with Crippen LogP contribution in [0.3, 0.4) is 0 Å². The Labute approximate surface area is 167 Å². The fourth-order valence-electron chi connectivity index (χ4n) is 4.81. The molecule has 0 unspecified atom stereocenters. The Morgan fingerprint density at radius 1 is 1.10 bits per heavy atom. The first-order valence-corrected chi connectivity index (χ1v) is 9.67. The molecule has 4 nitrogen and oxygen atoms in total. The number of aryl methyl sites for hydroxylation is 1. The number of amides is 2. The van der Waals surface area contributed by atoms with Crippen molar-refractivity contribution in [2.75, 3.05) is 18.4 Å². The quantitative estimate of drug-likeness (QED) is 0.757. The van der Waals surface area contributed by atoms with E-state index in [2.05, 4.69) is 5.32 Å². The highest BCUT2D eigenvalue weighted by Gasteiger charge is 2.50. The molecule has 2 aromatic rings. The molecule has 154 valence electrons. The number of likely N-dealkylation sites (tertiary alicyclic amines) is 1. The number of hydrogen-bond donors (Lipinski definition) is 2. The number of nitrogens with zero attached hydrogens (tertiary/aromatic N) is 1. The van der Waals surface area contributed by atoms with Crippen molar-refractivity contribution in [3.63, 3.8) is 0 Å². The van der Waals surface area contributed by atoms with Crippen molar-refractivity contribution in [2.45, 2.75) is 31.5 Å².